The zero-order valence-corrected chi connectivity index (χ0v) is 15.9. The Bertz CT molecular complexity index is 1190. The van der Waals surface area contributed by atoms with Gasteiger partial charge in [0.1, 0.15) is 10.7 Å². The second-order valence-electron chi connectivity index (χ2n) is 5.85. The molecule has 0 fully saturated rings. The Labute approximate surface area is 168 Å². The molecular weight excluding hydrogens is 394 g/mol. The average Bonchev–Trinajstić information content (AvgIpc) is 3.06. The SMILES string of the molecule is CN(C(=O)O)c1c(N)nc(-n2nc(Sc3ncccn3)c3ccccc32)nc1N. The van der Waals surface area contributed by atoms with E-state index >= 15 is 0 Å². The molecule has 4 aromatic rings. The fraction of sp³-hybridized carbons (Fsp3) is 0.0588. The van der Waals surface area contributed by atoms with Gasteiger partial charge in [-0.1, -0.05) is 18.2 Å². The maximum atomic E-state index is 11.2. The van der Waals surface area contributed by atoms with E-state index in [0.29, 0.717) is 10.2 Å². The molecule has 3 heterocycles. The fourth-order valence-electron chi connectivity index (χ4n) is 2.70. The lowest BCUT2D eigenvalue weighted by Crippen LogP contribution is -2.27. The standard InChI is InChI=1S/C17H15N9O2S/c1-25(17(27)28)11-12(18)22-15(23-13(11)19)26-10-6-3-2-5-9(10)14(24-26)29-16-20-7-4-8-21-16/h2-8H,1H3,(H,27,28)(H4,18,19,22,23). The first-order chi connectivity index (χ1) is 14.0. The maximum Gasteiger partial charge on any atom is 0.411 e. The number of hydrogen-bond acceptors (Lipinski definition) is 9. The van der Waals surface area contributed by atoms with Crippen LogP contribution in [0.3, 0.4) is 0 Å². The molecular formula is C17H15N9O2S. The van der Waals surface area contributed by atoms with E-state index in [1.165, 1.54) is 23.5 Å². The highest BCUT2D eigenvalue weighted by atomic mass is 32.2. The Kier molecular flexibility index (Phi) is 4.60. The lowest BCUT2D eigenvalue weighted by atomic mass is 10.2. The summed E-state index contributed by atoms with van der Waals surface area (Å²) < 4.78 is 1.50. The molecule has 5 N–H and O–H groups in total. The molecule has 1 aromatic carbocycles. The van der Waals surface area contributed by atoms with Crippen LogP contribution in [0.5, 0.6) is 0 Å². The normalized spacial score (nSPS) is 10.9. The number of rotatable bonds is 4. The minimum absolute atomic E-state index is 0.0185. The molecule has 12 heteroatoms. The number of nitrogen functional groups attached to an aromatic ring is 2. The molecule has 0 bridgehead atoms. The Hall–Kier alpha value is -3.93. The van der Waals surface area contributed by atoms with Gasteiger partial charge in [0, 0.05) is 24.8 Å². The highest BCUT2D eigenvalue weighted by molar-refractivity contribution is 7.99. The van der Waals surface area contributed by atoms with Crippen LogP contribution in [0.15, 0.2) is 52.9 Å². The number of aromatic nitrogens is 6. The van der Waals surface area contributed by atoms with E-state index in [1.807, 2.05) is 24.3 Å². The minimum atomic E-state index is -1.23. The summed E-state index contributed by atoms with van der Waals surface area (Å²) in [5, 5.41) is 15.8. The fourth-order valence-corrected chi connectivity index (χ4v) is 3.51. The second kappa shape index (κ2) is 7.24. The first kappa shape index (κ1) is 18.4. The smallest absolute Gasteiger partial charge is 0.411 e. The summed E-state index contributed by atoms with van der Waals surface area (Å²) in [7, 11) is 1.31. The summed E-state index contributed by atoms with van der Waals surface area (Å²) in [4.78, 5) is 29.0. The van der Waals surface area contributed by atoms with Crippen LogP contribution in [0, 0.1) is 0 Å². The van der Waals surface area contributed by atoms with Crippen LogP contribution in [0.25, 0.3) is 16.9 Å². The van der Waals surface area contributed by atoms with Crippen molar-refractivity contribution in [2.24, 2.45) is 0 Å². The number of carbonyl (C=O) groups is 1. The van der Waals surface area contributed by atoms with E-state index in [4.69, 9.17) is 11.5 Å². The van der Waals surface area contributed by atoms with Gasteiger partial charge in [-0.2, -0.15) is 19.7 Å². The molecule has 0 unspecified atom stereocenters. The van der Waals surface area contributed by atoms with E-state index < -0.39 is 6.09 Å². The Morgan fingerprint density at radius 1 is 1.10 bits per heavy atom. The molecule has 3 aromatic heterocycles. The van der Waals surface area contributed by atoms with Crippen molar-refractivity contribution in [3.63, 3.8) is 0 Å². The molecule has 11 nitrogen and oxygen atoms in total. The lowest BCUT2D eigenvalue weighted by Gasteiger charge is -2.17. The average molecular weight is 409 g/mol. The van der Waals surface area contributed by atoms with Crippen molar-refractivity contribution in [1.82, 2.24) is 29.7 Å². The van der Waals surface area contributed by atoms with E-state index in [0.717, 1.165) is 15.8 Å². The van der Waals surface area contributed by atoms with Gasteiger partial charge in [-0.3, -0.25) is 4.90 Å². The van der Waals surface area contributed by atoms with Crippen molar-refractivity contribution in [3.8, 4) is 5.95 Å². The number of carboxylic acid groups (broad SMARTS) is 1. The Morgan fingerprint density at radius 2 is 1.76 bits per heavy atom. The van der Waals surface area contributed by atoms with E-state index in [2.05, 4.69) is 25.0 Å². The summed E-state index contributed by atoms with van der Waals surface area (Å²) in [6.07, 6.45) is 2.07. The molecule has 0 spiro atoms. The highest BCUT2D eigenvalue weighted by Gasteiger charge is 2.21. The van der Waals surface area contributed by atoms with Crippen molar-refractivity contribution < 1.29 is 9.90 Å². The molecule has 1 amide bonds. The quantitative estimate of drug-likeness (QED) is 0.425. The molecule has 0 aliphatic carbocycles. The van der Waals surface area contributed by atoms with Gasteiger partial charge >= 0.3 is 6.09 Å². The van der Waals surface area contributed by atoms with Crippen LogP contribution in [0.2, 0.25) is 0 Å². The number of nitrogens with two attached hydrogens (primary N) is 2. The van der Waals surface area contributed by atoms with Gasteiger partial charge in [0.25, 0.3) is 5.95 Å². The molecule has 146 valence electrons. The molecule has 0 radical (unpaired) electrons. The molecule has 0 atom stereocenters. The van der Waals surface area contributed by atoms with Crippen LogP contribution in [0.1, 0.15) is 0 Å². The van der Waals surface area contributed by atoms with Crippen LogP contribution < -0.4 is 16.4 Å². The lowest BCUT2D eigenvalue weighted by molar-refractivity contribution is 0.203. The van der Waals surface area contributed by atoms with Gasteiger partial charge in [0.15, 0.2) is 16.8 Å². The minimum Gasteiger partial charge on any atom is -0.465 e. The highest BCUT2D eigenvalue weighted by Crippen LogP contribution is 2.33. The van der Waals surface area contributed by atoms with E-state index in [1.54, 1.807) is 18.5 Å². The van der Waals surface area contributed by atoms with Gasteiger partial charge in [0.05, 0.1) is 5.52 Å². The van der Waals surface area contributed by atoms with Crippen LogP contribution >= 0.6 is 11.8 Å². The van der Waals surface area contributed by atoms with Gasteiger partial charge in [-0.25, -0.2) is 14.8 Å². The summed E-state index contributed by atoms with van der Waals surface area (Å²) in [6, 6.07) is 9.23. The zero-order valence-electron chi connectivity index (χ0n) is 15.1. The van der Waals surface area contributed by atoms with Gasteiger partial charge in [-0.15, -0.1) is 0 Å². The summed E-state index contributed by atoms with van der Waals surface area (Å²) >= 11 is 1.29. The van der Waals surface area contributed by atoms with Crippen molar-refractivity contribution in [2.45, 2.75) is 10.2 Å². The first-order valence-corrected chi connectivity index (χ1v) is 9.10. The number of para-hydroxylation sites is 1. The first-order valence-electron chi connectivity index (χ1n) is 8.28. The predicted molar refractivity (Wildman–Crippen MR) is 108 cm³/mol. The van der Waals surface area contributed by atoms with Gasteiger partial charge < -0.3 is 16.6 Å². The van der Waals surface area contributed by atoms with E-state index in [-0.39, 0.29) is 23.3 Å². The third-order valence-corrected chi connectivity index (χ3v) is 4.91. The number of nitrogens with zero attached hydrogens (tertiary/aromatic N) is 7. The van der Waals surface area contributed by atoms with Crippen LogP contribution in [0.4, 0.5) is 22.1 Å². The van der Waals surface area contributed by atoms with Crippen LogP contribution in [-0.4, -0.2) is 48.0 Å². The maximum absolute atomic E-state index is 11.2. The van der Waals surface area contributed by atoms with Gasteiger partial charge in [0.2, 0.25) is 0 Å². The van der Waals surface area contributed by atoms with E-state index in [9.17, 15) is 9.90 Å². The van der Waals surface area contributed by atoms with Gasteiger partial charge in [-0.05, 0) is 23.9 Å². The van der Waals surface area contributed by atoms with Crippen molar-refractivity contribution in [2.75, 3.05) is 23.4 Å². The Balaban J connectivity index is 1.84. The third kappa shape index (κ3) is 3.36. The molecule has 0 aliphatic heterocycles. The number of amides is 1. The molecule has 0 saturated heterocycles. The van der Waals surface area contributed by atoms with Crippen LogP contribution in [-0.2, 0) is 0 Å². The molecule has 0 aliphatic rings. The summed E-state index contributed by atoms with van der Waals surface area (Å²) in [5.74, 6) is -0.0188. The summed E-state index contributed by atoms with van der Waals surface area (Å²) in [6.45, 7) is 0. The molecule has 29 heavy (non-hydrogen) atoms. The molecule has 4 rings (SSSR count). The number of hydrogen-bond donors (Lipinski definition) is 3. The topological polar surface area (TPSA) is 162 Å². The molecule has 0 saturated carbocycles. The van der Waals surface area contributed by atoms with Crippen molar-refractivity contribution >= 4 is 46.1 Å². The predicted octanol–water partition coefficient (Wildman–Crippen LogP) is 2.04. The monoisotopic (exact) mass is 409 g/mol. The summed E-state index contributed by atoms with van der Waals surface area (Å²) in [5.41, 5.74) is 12.7. The zero-order chi connectivity index (χ0) is 20.5. The van der Waals surface area contributed by atoms with Crippen molar-refractivity contribution in [3.05, 3.63) is 42.7 Å². The second-order valence-corrected chi connectivity index (χ2v) is 6.81. The largest absolute Gasteiger partial charge is 0.465 e. The number of anilines is 3. The number of fused-ring (bicyclic) bond motifs is 1. The third-order valence-electron chi connectivity index (χ3n) is 4.02. The Morgan fingerprint density at radius 3 is 2.41 bits per heavy atom. The number of benzene rings is 1. The van der Waals surface area contributed by atoms with Crippen molar-refractivity contribution in [1.29, 1.82) is 0 Å².